The van der Waals surface area contributed by atoms with E-state index in [1.54, 1.807) is 35.2 Å². The molecule has 0 bridgehead atoms. The zero-order chi connectivity index (χ0) is 24.1. The van der Waals surface area contributed by atoms with Crippen LogP contribution in [0.4, 0.5) is 4.39 Å². The van der Waals surface area contributed by atoms with Crippen LogP contribution in [0.2, 0.25) is 0 Å². The monoisotopic (exact) mass is 487 g/mol. The van der Waals surface area contributed by atoms with E-state index in [0.717, 1.165) is 5.56 Å². The predicted octanol–water partition coefficient (Wildman–Crippen LogP) is 2.86. The van der Waals surface area contributed by atoms with Gasteiger partial charge >= 0.3 is 0 Å². The second-order valence-corrected chi connectivity index (χ2v) is 9.74. The Labute approximate surface area is 198 Å². The number of halogens is 1. The molecule has 3 aromatic rings. The van der Waals surface area contributed by atoms with Crippen LogP contribution in [0.25, 0.3) is 0 Å². The maximum Gasteiger partial charge on any atom is 0.253 e. The Balaban J connectivity index is 1.35. The molecule has 180 valence electrons. The van der Waals surface area contributed by atoms with E-state index >= 15 is 0 Å². The van der Waals surface area contributed by atoms with E-state index in [1.807, 2.05) is 6.07 Å². The summed E-state index contributed by atoms with van der Waals surface area (Å²) in [5, 5.41) is 0. The highest BCUT2D eigenvalue weighted by molar-refractivity contribution is 7.89. The zero-order valence-corrected chi connectivity index (χ0v) is 19.6. The summed E-state index contributed by atoms with van der Waals surface area (Å²) in [7, 11) is -2.38. The van der Waals surface area contributed by atoms with Crippen molar-refractivity contribution in [3.05, 3.63) is 83.6 Å². The Kier molecular flexibility index (Phi) is 7.30. The van der Waals surface area contributed by atoms with Crippen LogP contribution in [-0.2, 0) is 23.1 Å². The molecule has 0 aliphatic carbocycles. The van der Waals surface area contributed by atoms with Crippen molar-refractivity contribution in [1.29, 1.82) is 0 Å². The smallest absolute Gasteiger partial charge is 0.253 e. The molecule has 0 radical (unpaired) electrons. The number of carbonyl (C=O) groups is 1. The second-order valence-electron chi connectivity index (χ2n) is 7.97. The van der Waals surface area contributed by atoms with Crippen LogP contribution in [-0.4, -0.2) is 57.4 Å². The van der Waals surface area contributed by atoms with Gasteiger partial charge in [-0.15, -0.1) is 0 Å². The lowest BCUT2D eigenvalue weighted by Gasteiger charge is -2.34. The minimum atomic E-state index is -3.80. The van der Waals surface area contributed by atoms with Crippen molar-refractivity contribution < 1.29 is 26.8 Å². The molecule has 0 spiro atoms. The summed E-state index contributed by atoms with van der Waals surface area (Å²) in [6, 6.07) is 14.3. The molecule has 1 fully saturated rings. The number of amides is 1. The van der Waals surface area contributed by atoms with Gasteiger partial charge in [0.05, 0.1) is 24.8 Å². The van der Waals surface area contributed by atoms with Gasteiger partial charge in [0, 0.05) is 38.3 Å². The normalized spacial score (nSPS) is 14.8. The molecule has 1 aliphatic heterocycles. The molecule has 1 N–H and O–H groups in total. The molecule has 2 aromatic carbocycles. The van der Waals surface area contributed by atoms with Crippen molar-refractivity contribution in [2.24, 2.45) is 0 Å². The summed E-state index contributed by atoms with van der Waals surface area (Å²) in [6.07, 6.45) is 1.47. The first-order valence-electron chi connectivity index (χ1n) is 10.8. The number of hydrogen-bond acceptors (Lipinski definition) is 6. The SMILES string of the molecule is COc1ccc(CN2CCN(C(=O)c3cccc(S(=O)(=O)NCc4ccco4)c3)CC2)cc1F. The highest BCUT2D eigenvalue weighted by atomic mass is 32.2. The third-order valence-electron chi connectivity index (χ3n) is 5.69. The van der Waals surface area contributed by atoms with Gasteiger partial charge < -0.3 is 14.1 Å². The molecule has 0 unspecified atom stereocenters. The molecule has 1 aromatic heterocycles. The van der Waals surface area contributed by atoms with Crippen LogP contribution >= 0.6 is 0 Å². The number of ether oxygens (including phenoxy) is 1. The summed E-state index contributed by atoms with van der Waals surface area (Å²) in [6.45, 7) is 2.83. The van der Waals surface area contributed by atoms with Crippen LogP contribution in [0.3, 0.4) is 0 Å². The predicted molar refractivity (Wildman–Crippen MR) is 123 cm³/mol. The molecule has 2 heterocycles. The summed E-state index contributed by atoms with van der Waals surface area (Å²) in [4.78, 5) is 16.9. The molecular formula is C24H26FN3O5S. The molecule has 8 nitrogen and oxygen atoms in total. The number of sulfonamides is 1. The average molecular weight is 488 g/mol. The number of piperazine rings is 1. The molecule has 10 heteroatoms. The minimum absolute atomic E-state index is 0.0186. The Morgan fingerprint density at radius 2 is 1.88 bits per heavy atom. The largest absolute Gasteiger partial charge is 0.494 e. The van der Waals surface area contributed by atoms with Gasteiger partial charge in [-0.3, -0.25) is 9.69 Å². The topological polar surface area (TPSA) is 92.1 Å². The first-order valence-corrected chi connectivity index (χ1v) is 12.3. The number of rotatable bonds is 8. The van der Waals surface area contributed by atoms with E-state index in [9.17, 15) is 17.6 Å². The van der Waals surface area contributed by atoms with Crippen molar-refractivity contribution in [3.8, 4) is 5.75 Å². The third kappa shape index (κ3) is 5.64. The van der Waals surface area contributed by atoms with Crippen molar-refractivity contribution >= 4 is 15.9 Å². The van der Waals surface area contributed by atoms with Gasteiger partial charge in [0.15, 0.2) is 11.6 Å². The Morgan fingerprint density at radius 1 is 1.09 bits per heavy atom. The average Bonchev–Trinajstić information content (AvgIpc) is 3.37. The van der Waals surface area contributed by atoms with E-state index in [4.69, 9.17) is 9.15 Å². The molecule has 0 atom stereocenters. The number of methoxy groups -OCH3 is 1. The van der Waals surface area contributed by atoms with Crippen LogP contribution < -0.4 is 9.46 Å². The molecule has 1 amide bonds. The highest BCUT2D eigenvalue weighted by Crippen LogP contribution is 2.20. The van der Waals surface area contributed by atoms with Gasteiger partial charge in [0.1, 0.15) is 5.76 Å². The van der Waals surface area contributed by atoms with Gasteiger partial charge in [-0.2, -0.15) is 0 Å². The number of nitrogens with one attached hydrogen (secondary N) is 1. The summed E-state index contributed by atoms with van der Waals surface area (Å²) >= 11 is 0. The van der Waals surface area contributed by atoms with Crippen molar-refractivity contribution in [2.75, 3.05) is 33.3 Å². The number of hydrogen-bond donors (Lipinski definition) is 1. The second kappa shape index (κ2) is 10.4. The molecular weight excluding hydrogens is 461 g/mol. The van der Waals surface area contributed by atoms with Gasteiger partial charge in [-0.05, 0) is 48.0 Å². The quantitative estimate of drug-likeness (QED) is 0.525. The number of carbonyl (C=O) groups excluding carboxylic acids is 1. The number of nitrogens with zero attached hydrogens (tertiary/aromatic N) is 2. The van der Waals surface area contributed by atoms with E-state index in [-0.39, 0.29) is 23.1 Å². The maximum absolute atomic E-state index is 13.9. The molecule has 34 heavy (non-hydrogen) atoms. The maximum atomic E-state index is 13.9. The Bertz CT molecular complexity index is 1240. The van der Waals surface area contributed by atoms with E-state index in [2.05, 4.69) is 9.62 Å². The summed E-state index contributed by atoms with van der Waals surface area (Å²) < 4.78 is 51.8. The zero-order valence-electron chi connectivity index (χ0n) is 18.7. The van der Waals surface area contributed by atoms with Crippen LogP contribution in [0.5, 0.6) is 5.75 Å². The van der Waals surface area contributed by atoms with Gasteiger partial charge in [-0.25, -0.2) is 17.5 Å². The standard InChI is InChI=1S/C24H26FN3O5S/c1-32-23-8-7-18(14-22(23)25)17-27-9-11-28(12-10-27)24(29)19-4-2-6-21(15-19)34(30,31)26-16-20-5-3-13-33-20/h2-8,13-15,26H,9-12,16-17H2,1H3. The van der Waals surface area contributed by atoms with Crippen LogP contribution in [0.15, 0.2) is 70.2 Å². The van der Waals surface area contributed by atoms with Gasteiger partial charge in [0.25, 0.3) is 5.91 Å². The number of benzene rings is 2. The molecule has 1 saturated heterocycles. The van der Waals surface area contributed by atoms with Gasteiger partial charge in [-0.1, -0.05) is 12.1 Å². The van der Waals surface area contributed by atoms with Gasteiger partial charge in [0.2, 0.25) is 10.0 Å². The Hall–Kier alpha value is -3.21. The van der Waals surface area contributed by atoms with Crippen molar-refractivity contribution in [3.63, 3.8) is 0 Å². The molecule has 1 aliphatic rings. The summed E-state index contributed by atoms with van der Waals surface area (Å²) in [5.74, 6) is 0.0751. The third-order valence-corrected chi connectivity index (χ3v) is 7.09. The fourth-order valence-corrected chi connectivity index (χ4v) is 4.86. The lowest BCUT2D eigenvalue weighted by atomic mass is 10.1. The van der Waals surface area contributed by atoms with E-state index in [1.165, 1.54) is 31.6 Å². The first-order chi connectivity index (χ1) is 16.4. The highest BCUT2D eigenvalue weighted by Gasteiger charge is 2.24. The van der Waals surface area contributed by atoms with Crippen LogP contribution in [0, 0.1) is 5.82 Å². The fraction of sp³-hybridized carbons (Fsp3) is 0.292. The fourth-order valence-electron chi connectivity index (χ4n) is 3.82. The van der Waals surface area contributed by atoms with Crippen molar-refractivity contribution in [1.82, 2.24) is 14.5 Å². The summed E-state index contributed by atoms with van der Waals surface area (Å²) in [5.41, 5.74) is 1.14. The number of furan rings is 1. The molecule has 0 saturated carbocycles. The minimum Gasteiger partial charge on any atom is -0.494 e. The van der Waals surface area contributed by atoms with Crippen LogP contribution in [0.1, 0.15) is 21.7 Å². The van der Waals surface area contributed by atoms with Crippen molar-refractivity contribution in [2.45, 2.75) is 18.0 Å². The van der Waals surface area contributed by atoms with E-state index in [0.29, 0.717) is 44.0 Å². The molecule has 4 rings (SSSR count). The lowest BCUT2D eigenvalue weighted by molar-refractivity contribution is 0.0628. The van der Waals surface area contributed by atoms with E-state index < -0.39 is 15.8 Å². The Morgan fingerprint density at radius 3 is 2.56 bits per heavy atom. The lowest BCUT2D eigenvalue weighted by Crippen LogP contribution is -2.48. The first kappa shape index (κ1) is 23.9.